The predicted molar refractivity (Wildman–Crippen MR) is 65.2 cm³/mol. The van der Waals surface area contributed by atoms with E-state index in [4.69, 9.17) is 5.26 Å². The predicted octanol–water partition coefficient (Wildman–Crippen LogP) is 2.06. The standard InChI is InChI=1S/C13H16FN3/c1-17-5-4-10(9-17)8-16-12-3-2-11(7-15)13(14)6-12/h2-3,6,10,16H,4-5,8-9H2,1H3. The van der Waals surface area contributed by atoms with Gasteiger partial charge in [0.1, 0.15) is 11.9 Å². The van der Waals surface area contributed by atoms with Crippen LogP contribution in [-0.2, 0) is 0 Å². The molecule has 0 bridgehead atoms. The van der Waals surface area contributed by atoms with Gasteiger partial charge in [-0.25, -0.2) is 4.39 Å². The van der Waals surface area contributed by atoms with Gasteiger partial charge in [-0.1, -0.05) is 0 Å². The molecule has 0 spiro atoms. The molecule has 2 rings (SSSR count). The monoisotopic (exact) mass is 233 g/mol. The van der Waals surface area contributed by atoms with Gasteiger partial charge in [0.15, 0.2) is 0 Å². The van der Waals surface area contributed by atoms with Crippen molar-refractivity contribution in [2.24, 2.45) is 5.92 Å². The van der Waals surface area contributed by atoms with Gasteiger partial charge in [0, 0.05) is 18.8 Å². The molecule has 17 heavy (non-hydrogen) atoms. The number of likely N-dealkylation sites (tertiary alicyclic amines) is 1. The molecule has 90 valence electrons. The zero-order valence-corrected chi connectivity index (χ0v) is 9.91. The Morgan fingerprint density at radius 2 is 2.41 bits per heavy atom. The fraction of sp³-hybridized carbons (Fsp3) is 0.462. The summed E-state index contributed by atoms with van der Waals surface area (Å²) in [5, 5.41) is 11.8. The van der Waals surface area contributed by atoms with E-state index < -0.39 is 5.82 Å². The molecule has 0 aromatic heterocycles. The van der Waals surface area contributed by atoms with Crippen LogP contribution in [0, 0.1) is 23.1 Å². The topological polar surface area (TPSA) is 39.1 Å². The van der Waals surface area contributed by atoms with Crippen LogP contribution in [0.3, 0.4) is 0 Å². The van der Waals surface area contributed by atoms with E-state index in [9.17, 15) is 4.39 Å². The molecule has 1 N–H and O–H groups in total. The molecule has 1 aromatic rings. The Morgan fingerprint density at radius 3 is 3.00 bits per heavy atom. The lowest BCUT2D eigenvalue weighted by atomic mass is 10.1. The molecule has 1 saturated heterocycles. The molecular formula is C13H16FN3. The van der Waals surface area contributed by atoms with Crippen molar-refractivity contribution in [1.82, 2.24) is 4.90 Å². The van der Waals surface area contributed by atoms with E-state index in [-0.39, 0.29) is 5.56 Å². The van der Waals surface area contributed by atoms with Crippen LogP contribution < -0.4 is 5.32 Å². The second-order valence-electron chi connectivity index (χ2n) is 4.60. The number of nitrogens with one attached hydrogen (secondary N) is 1. The minimum absolute atomic E-state index is 0.0937. The van der Waals surface area contributed by atoms with Crippen LogP contribution in [0.25, 0.3) is 0 Å². The summed E-state index contributed by atoms with van der Waals surface area (Å²) in [5.41, 5.74) is 0.840. The van der Waals surface area contributed by atoms with E-state index in [0.29, 0.717) is 5.92 Å². The van der Waals surface area contributed by atoms with E-state index in [1.165, 1.54) is 18.6 Å². The minimum atomic E-state index is -0.457. The molecule has 4 heteroatoms. The van der Waals surface area contributed by atoms with Crippen molar-refractivity contribution in [3.63, 3.8) is 0 Å². The summed E-state index contributed by atoms with van der Waals surface area (Å²) in [6.45, 7) is 3.08. The Bertz CT molecular complexity index is 439. The van der Waals surface area contributed by atoms with Gasteiger partial charge >= 0.3 is 0 Å². The summed E-state index contributed by atoms with van der Waals surface area (Å²) in [6.07, 6.45) is 1.18. The first kappa shape index (κ1) is 11.9. The maximum absolute atomic E-state index is 13.3. The van der Waals surface area contributed by atoms with Crippen LogP contribution in [0.15, 0.2) is 18.2 Å². The second-order valence-corrected chi connectivity index (χ2v) is 4.60. The largest absolute Gasteiger partial charge is 0.385 e. The molecule has 3 nitrogen and oxygen atoms in total. The fourth-order valence-corrected chi connectivity index (χ4v) is 2.17. The van der Waals surface area contributed by atoms with Crippen LogP contribution in [-0.4, -0.2) is 31.6 Å². The Balaban J connectivity index is 1.91. The first-order chi connectivity index (χ1) is 8.19. The van der Waals surface area contributed by atoms with Crippen molar-refractivity contribution < 1.29 is 4.39 Å². The lowest BCUT2D eigenvalue weighted by Crippen LogP contribution is -2.19. The smallest absolute Gasteiger partial charge is 0.143 e. The van der Waals surface area contributed by atoms with Gasteiger partial charge in [0.2, 0.25) is 0 Å². The normalized spacial score (nSPS) is 20.2. The van der Waals surface area contributed by atoms with Crippen LogP contribution in [0.4, 0.5) is 10.1 Å². The number of hydrogen-bond donors (Lipinski definition) is 1. The third-order valence-electron chi connectivity index (χ3n) is 3.17. The van der Waals surface area contributed by atoms with Gasteiger partial charge < -0.3 is 10.2 Å². The zero-order valence-electron chi connectivity index (χ0n) is 9.91. The third-order valence-corrected chi connectivity index (χ3v) is 3.17. The molecule has 1 unspecified atom stereocenters. The molecule has 1 fully saturated rings. The lowest BCUT2D eigenvalue weighted by Gasteiger charge is -2.12. The number of nitrogens with zero attached hydrogens (tertiary/aromatic N) is 2. The molecule has 0 amide bonds. The minimum Gasteiger partial charge on any atom is -0.385 e. The van der Waals surface area contributed by atoms with Crippen LogP contribution in [0.5, 0.6) is 0 Å². The highest BCUT2D eigenvalue weighted by atomic mass is 19.1. The van der Waals surface area contributed by atoms with E-state index in [0.717, 1.165) is 25.3 Å². The lowest BCUT2D eigenvalue weighted by molar-refractivity contribution is 0.399. The van der Waals surface area contributed by atoms with Crippen molar-refractivity contribution in [3.8, 4) is 6.07 Å². The number of halogens is 1. The fourth-order valence-electron chi connectivity index (χ4n) is 2.17. The molecule has 1 heterocycles. The Morgan fingerprint density at radius 1 is 1.59 bits per heavy atom. The number of nitriles is 1. The first-order valence-corrected chi connectivity index (χ1v) is 5.81. The van der Waals surface area contributed by atoms with Gasteiger partial charge in [-0.2, -0.15) is 5.26 Å². The Kier molecular flexibility index (Phi) is 3.60. The van der Waals surface area contributed by atoms with Gasteiger partial charge in [-0.05, 0) is 44.1 Å². The molecule has 0 saturated carbocycles. The Labute approximate surface area is 101 Å². The average molecular weight is 233 g/mol. The van der Waals surface area contributed by atoms with Crippen LogP contribution >= 0.6 is 0 Å². The van der Waals surface area contributed by atoms with Crippen LogP contribution in [0.1, 0.15) is 12.0 Å². The molecule has 0 aliphatic carbocycles. The highest BCUT2D eigenvalue weighted by Crippen LogP contribution is 2.17. The SMILES string of the molecule is CN1CCC(CNc2ccc(C#N)c(F)c2)C1. The summed E-state index contributed by atoms with van der Waals surface area (Å²) in [7, 11) is 2.11. The van der Waals surface area contributed by atoms with E-state index in [2.05, 4.69) is 17.3 Å². The molecular weight excluding hydrogens is 217 g/mol. The van der Waals surface area contributed by atoms with E-state index >= 15 is 0 Å². The maximum atomic E-state index is 13.3. The number of anilines is 1. The van der Waals surface area contributed by atoms with Crippen molar-refractivity contribution in [3.05, 3.63) is 29.6 Å². The highest BCUT2D eigenvalue weighted by Gasteiger charge is 2.18. The van der Waals surface area contributed by atoms with Crippen molar-refractivity contribution in [2.75, 3.05) is 32.0 Å². The summed E-state index contributed by atoms with van der Waals surface area (Å²) < 4.78 is 13.3. The maximum Gasteiger partial charge on any atom is 0.143 e. The number of hydrogen-bond acceptors (Lipinski definition) is 3. The summed E-state index contributed by atoms with van der Waals surface area (Å²) >= 11 is 0. The van der Waals surface area contributed by atoms with Crippen LogP contribution in [0.2, 0.25) is 0 Å². The van der Waals surface area contributed by atoms with Crippen molar-refractivity contribution in [1.29, 1.82) is 5.26 Å². The van der Waals surface area contributed by atoms with Crippen molar-refractivity contribution in [2.45, 2.75) is 6.42 Å². The summed E-state index contributed by atoms with van der Waals surface area (Å²) in [5.74, 6) is 0.166. The highest BCUT2D eigenvalue weighted by molar-refractivity contribution is 5.48. The number of rotatable bonds is 3. The van der Waals surface area contributed by atoms with Crippen molar-refractivity contribution >= 4 is 5.69 Å². The molecule has 1 aromatic carbocycles. The van der Waals surface area contributed by atoms with Gasteiger partial charge in [0.05, 0.1) is 5.56 Å². The molecule has 1 atom stereocenters. The van der Waals surface area contributed by atoms with Gasteiger partial charge in [0.25, 0.3) is 0 Å². The quantitative estimate of drug-likeness (QED) is 0.868. The molecule has 1 aliphatic heterocycles. The second kappa shape index (κ2) is 5.15. The molecule has 0 radical (unpaired) electrons. The third kappa shape index (κ3) is 2.95. The van der Waals surface area contributed by atoms with Gasteiger partial charge in [-0.3, -0.25) is 0 Å². The molecule has 1 aliphatic rings. The zero-order chi connectivity index (χ0) is 12.3. The average Bonchev–Trinajstić information content (AvgIpc) is 2.73. The summed E-state index contributed by atoms with van der Waals surface area (Å²) in [4.78, 5) is 2.30. The summed E-state index contributed by atoms with van der Waals surface area (Å²) in [6, 6.07) is 6.46. The van der Waals surface area contributed by atoms with Gasteiger partial charge in [-0.15, -0.1) is 0 Å². The van der Waals surface area contributed by atoms with E-state index in [1.54, 1.807) is 6.07 Å². The number of benzene rings is 1. The Hall–Kier alpha value is -1.60. The first-order valence-electron chi connectivity index (χ1n) is 5.81. The van der Waals surface area contributed by atoms with E-state index in [1.807, 2.05) is 6.07 Å².